The second-order valence-corrected chi connectivity index (χ2v) is 6.61. The largest absolute Gasteiger partial charge is 0.371 e. The summed E-state index contributed by atoms with van der Waals surface area (Å²) in [6.45, 7) is 8.49. The van der Waals surface area contributed by atoms with Crippen LogP contribution >= 0.6 is 0 Å². The molecule has 1 aliphatic rings. The van der Waals surface area contributed by atoms with Crippen molar-refractivity contribution in [2.75, 3.05) is 18.0 Å². The third kappa shape index (κ3) is 3.47. The summed E-state index contributed by atoms with van der Waals surface area (Å²) >= 11 is 0. The van der Waals surface area contributed by atoms with Gasteiger partial charge in [0.15, 0.2) is 0 Å². The first-order valence-electron chi connectivity index (χ1n) is 7.17. The van der Waals surface area contributed by atoms with Crippen LogP contribution in [0.2, 0.25) is 0 Å². The average Bonchev–Trinajstić information content (AvgIpc) is 2.30. The van der Waals surface area contributed by atoms with Crippen molar-refractivity contribution >= 4 is 5.69 Å². The lowest BCUT2D eigenvalue weighted by Crippen LogP contribution is -2.40. The van der Waals surface area contributed by atoms with Crippen LogP contribution in [0.5, 0.6) is 0 Å². The summed E-state index contributed by atoms with van der Waals surface area (Å²) in [5.74, 6) is -0.127. The lowest BCUT2D eigenvalue weighted by Gasteiger charge is -2.40. The van der Waals surface area contributed by atoms with Gasteiger partial charge < -0.3 is 10.6 Å². The molecule has 2 N–H and O–H groups in total. The number of hydrogen-bond acceptors (Lipinski definition) is 2. The minimum absolute atomic E-state index is 0.0200. The molecule has 0 saturated carbocycles. The molecule has 0 spiro atoms. The van der Waals surface area contributed by atoms with Crippen LogP contribution in [0.4, 0.5) is 10.1 Å². The molecule has 2 rings (SSSR count). The molecule has 1 aromatic carbocycles. The molecule has 1 aromatic rings. The smallest absolute Gasteiger partial charge is 0.128 e. The first-order chi connectivity index (χ1) is 8.89. The summed E-state index contributed by atoms with van der Waals surface area (Å²) in [5, 5.41) is 0. The normalized spacial score (nSPS) is 20.4. The van der Waals surface area contributed by atoms with Crippen molar-refractivity contribution in [1.82, 2.24) is 0 Å². The quantitative estimate of drug-likeness (QED) is 0.907. The van der Waals surface area contributed by atoms with Gasteiger partial charge in [0.05, 0.1) is 0 Å². The van der Waals surface area contributed by atoms with Gasteiger partial charge >= 0.3 is 0 Å². The standard InChI is InChI=1S/C16H25FN2/c1-12(18)10-13-14(17)6-4-7-15(13)19-9-5-8-16(2,3)11-19/h4,6-7,12H,5,8-11,18H2,1-3H3. The molecule has 0 aromatic heterocycles. The Labute approximate surface area is 115 Å². The number of nitrogens with zero attached hydrogens (tertiary/aromatic N) is 1. The molecule has 1 saturated heterocycles. The molecule has 2 nitrogen and oxygen atoms in total. The van der Waals surface area contributed by atoms with Gasteiger partial charge in [0, 0.05) is 30.4 Å². The van der Waals surface area contributed by atoms with E-state index in [1.165, 1.54) is 18.9 Å². The Morgan fingerprint density at radius 2 is 2.16 bits per heavy atom. The predicted octanol–water partition coefficient (Wildman–Crippen LogP) is 3.34. The number of halogens is 1. The van der Waals surface area contributed by atoms with E-state index in [-0.39, 0.29) is 11.9 Å². The van der Waals surface area contributed by atoms with Crippen molar-refractivity contribution < 1.29 is 4.39 Å². The minimum atomic E-state index is -0.127. The number of benzene rings is 1. The van der Waals surface area contributed by atoms with Crippen LogP contribution in [0.1, 0.15) is 39.2 Å². The molecule has 106 valence electrons. The maximum atomic E-state index is 14.1. The van der Waals surface area contributed by atoms with Gasteiger partial charge in [0.2, 0.25) is 0 Å². The van der Waals surface area contributed by atoms with Gasteiger partial charge in [-0.25, -0.2) is 4.39 Å². The molecule has 1 unspecified atom stereocenters. The summed E-state index contributed by atoms with van der Waals surface area (Å²) in [6, 6.07) is 5.35. The highest BCUT2D eigenvalue weighted by molar-refractivity contribution is 5.55. The molecular formula is C16H25FN2. The Morgan fingerprint density at radius 1 is 1.42 bits per heavy atom. The highest BCUT2D eigenvalue weighted by Crippen LogP contribution is 2.34. The molecule has 3 heteroatoms. The Morgan fingerprint density at radius 3 is 2.79 bits per heavy atom. The van der Waals surface area contributed by atoms with Gasteiger partial charge in [-0.2, -0.15) is 0 Å². The van der Waals surface area contributed by atoms with E-state index in [1.54, 1.807) is 6.07 Å². The highest BCUT2D eigenvalue weighted by Gasteiger charge is 2.28. The van der Waals surface area contributed by atoms with E-state index >= 15 is 0 Å². The third-order valence-electron chi connectivity index (χ3n) is 3.86. The summed E-state index contributed by atoms with van der Waals surface area (Å²) in [6.07, 6.45) is 3.00. The van der Waals surface area contributed by atoms with Crippen LogP contribution in [0.3, 0.4) is 0 Å². The van der Waals surface area contributed by atoms with Crippen LogP contribution < -0.4 is 10.6 Å². The lowest BCUT2D eigenvalue weighted by atomic mass is 9.83. The zero-order valence-corrected chi connectivity index (χ0v) is 12.2. The van der Waals surface area contributed by atoms with E-state index in [0.717, 1.165) is 24.3 Å². The highest BCUT2D eigenvalue weighted by atomic mass is 19.1. The molecular weight excluding hydrogens is 239 g/mol. The van der Waals surface area contributed by atoms with E-state index in [2.05, 4.69) is 18.7 Å². The second kappa shape index (κ2) is 5.49. The molecule has 1 fully saturated rings. The Kier molecular flexibility index (Phi) is 4.14. The number of piperidine rings is 1. The molecule has 0 amide bonds. The Hall–Kier alpha value is -1.09. The van der Waals surface area contributed by atoms with Crippen molar-refractivity contribution in [2.24, 2.45) is 11.1 Å². The van der Waals surface area contributed by atoms with Gasteiger partial charge in [0.25, 0.3) is 0 Å². The molecule has 1 atom stereocenters. The zero-order chi connectivity index (χ0) is 14.0. The topological polar surface area (TPSA) is 29.3 Å². The van der Waals surface area contributed by atoms with E-state index in [9.17, 15) is 4.39 Å². The van der Waals surface area contributed by atoms with E-state index < -0.39 is 0 Å². The number of anilines is 1. The predicted molar refractivity (Wildman–Crippen MR) is 79.0 cm³/mol. The van der Waals surface area contributed by atoms with Gasteiger partial charge in [-0.15, -0.1) is 0 Å². The lowest BCUT2D eigenvalue weighted by molar-refractivity contribution is 0.292. The van der Waals surface area contributed by atoms with E-state index in [1.807, 2.05) is 13.0 Å². The maximum Gasteiger partial charge on any atom is 0.128 e. The van der Waals surface area contributed by atoms with Crippen LogP contribution in [-0.2, 0) is 6.42 Å². The second-order valence-electron chi connectivity index (χ2n) is 6.61. The van der Waals surface area contributed by atoms with Crippen molar-refractivity contribution in [1.29, 1.82) is 0 Å². The summed E-state index contributed by atoms with van der Waals surface area (Å²) in [5.41, 5.74) is 7.97. The monoisotopic (exact) mass is 264 g/mol. The van der Waals surface area contributed by atoms with Crippen LogP contribution in [0.25, 0.3) is 0 Å². The van der Waals surface area contributed by atoms with Gasteiger partial charge in [0.1, 0.15) is 5.82 Å². The Bertz CT molecular complexity index is 440. The molecule has 0 radical (unpaired) electrons. The fraction of sp³-hybridized carbons (Fsp3) is 0.625. The fourth-order valence-electron chi connectivity index (χ4n) is 3.00. The third-order valence-corrected chi connectivity index (χ3v) is 3.86. The summed E-state index contributed by atoms with van der Waals surface area (Å²) in [7, 11) is 0. The fourth-order valence-corrected chi connectivity index (χ4v) is 3.00. The first-order valence-corrected chi connectivity index (χ1v) is 7.17. The number of hydrogen-bond donors (Lipinski definition) is 1. The van der Waals surface area contributed by atoms with Crippen molar-refractivity contribution in [3.05, 3.63) is 29.6 Å². The van der Waals surface area contributed by atoms with Crippen LogP contribution in [0, 0.1) is 11.2 Å². The summed E-state index contributed by atoms with van der Waals surface area (Å²) in [4.78, 5) is 2.32. The zero-order valence-electron chi connectivity index (χ0n) is 12.2. The SMILES string of the molecule is CC(N)Cc1c(F)cccc1N1CCCC(C)(C)C1. The molecule has 0 aliphatic carbocycles. The maximum absolute atomic E-state index is 14.1. The van der Waals surface area contributed by atoms with E-state index in [0.29, 0.717) is 11.8 Å². The molecule has 19 heavy (non-hydrogen) atoms. The Balaban J connectivity index is 2.30. The van der Waals surface area contributed by atoms with Gasteiger partial charge in [-0.1, -0.05) is 19.9 Å². The minimum Gasteiger partial charge on any atom is -0.371 e. The first kappa shape index (κ1) is 14.3. The van der Waals surface area contributed by atoms with Gasteiger partial charge in [-0.3, -0.25) is 0 Å². The van der Waals surface area contributed by atoms with Gasteiger partial charge in [-0.05, 0) is 43.7 Å². The van der Waals surface area contributed by atoms with Crippen LogP contribution in [0.15, 0.2) is 18.2 Å². The number of nitrogens with two attached hydrogens (primary N) is 1. The van der Waals surface area contributed by atoms with Crippen LogP contribution in [-0.4, -0.2) is 19.1 Å². The number of rotatable bonds is 3. The summed E-state index contributed by atoms with van der Waals surface area (Å²) < 4.78 is 14.1. The van der Waals surface area contributed by atoms with Crippen molar-refractivity contribution in [3.63, 3.8) is 0 Å². The average molecular weight is 264 g/mol. The molecule has 0 bridgehead atoms. The van der Waals surface area contributed by atoms with E-state index in [4.69, 9.17) is 5.73 Å². The van der Waals surface area contributed by atoms with Crippen molar-refractivity contribution in [2.45, 2.75) is 46.1 Å². The molecule has 1 heterocycles. The molecule has 1 aliphatic heterocycles. The van der Waals surface area contributed by atoms with Crippen molar-refractivity contribution in [3.8, 4) is 0 Å².